The number of halogens is 1. The zero-order valence-corrected chi connectivity index (χ0v) is 11.6. The lowest BCUT2D eigenvalue weighted by Crippen LogP contribution is -2.08. The van der Waals surface area contributed by atoms with Gasteiger partial charge in [0, 0.05) is 33.5 Å². The molecule has 0 aliphatic rings. The van der Waals surface area contributed by atoms with Gasteiger partial charge in [-0.2, -0.15) is 0 Å². The van der Waals surface area contributed by atoms with Gasteiger partial charge in [0.15, 0.2) is 0 Å². The van der Waals surface area contributed by atoms with Crippen molar-refractivity contribution >= 4 is 17.4 Å². The third-order valence-corrected chi connectivity index (χ3v) is 3.83. The van der Waals surface area contributed by atoms with Gasteiger partial charge in [-0.05, 0) is 31.2 Å². The number of nitrogens with two attached hydrogens (primary N) is 1. The van der Waals surface area contributed by atoms with Crippen LogP contribution in [0.1, 0.15) is 18.5 Å². The summed E-state index contributed by atoms with van der Waals surface area (Å²) in [5.74, 6) is -0.341. The van der Waals surface area contributed by atoms with E-state index < -0.39 is 11.0 Å². The molecule has 0 saturated carbocycles. The fraction of sp³-hybridized carbons (Fsp3) is 0.143. The predicted octanol–water partition coefficient (Wildman–Crippen LogP) is 3.90. The lowest BCUT2D eigenvalue weighted by Gasteiger charge is -2.13. The fourth-order valence-electron chi connectivity index (χ4n) is 1.81. The van der Waals surface area contributed by atoms with Crippen molar-refractivity contribution in [2.45, 2.75) is 22.8 Å². The van der Waals surface area contributed by atoms with Crippen molar-refractivity contribution in [1.29, 1.82) is 0 Å². The summed E-state index contributed by atoms with van der Waals surface area (Å²) in [6, 6.07) is 10.5. The average molecular weight is 292 g/mol. The average Bonchev–Trinajstić information content (AvgIpc) is 2.39. The van der Waals surface area contributed by atoms with E-state index in [2.05, 4.69) is 0 Å². The van der Waals surface area contributed by atoms with Crippen molar-refractivity contribution in [2.24, 2.45) is 5.73 Å². The second kappa shape index (κ2) is 6.02. The quantitative estimate of drug-likeness (QED) is 0.685. The van der Waals surface area contributed by atoms with Gasteiger partial charge in [0.25, 0.3) is 5.69 Å². The number of nitro groups is 1. The van der Waals surface area contributed by atoms with Crippen LogP contribution in [0.5, 0.6) is 0 Å². The molecule has 0 heterocycles. The van der Waals surface area contributed by atoms with Crippen LogP contribution in [0.3, 0.4) is 0 Å². The van der Waals surface area contributed by atoms with Gasteiger partial charge in [-0.15, -0.1) is 0 Å². The van der Waals surface area contributed by atoms with E-state index >= 15 is 0 Å². The van der Waals surface area contributed by atoms with Crippen LogP contribution in [0.25, 0.3) is 0 Å². The second-order valence-corrected chi connectivity index (χ2v) is 5.41. The van der Waals surface area contributed by atoms with Gasteiger partial charge in [-0.3, -0.25) is 10.1 Å². The predicted molar refractivity (Wildman–Crippen MR) is 76.2 cm³/mol. The van der Waals surface area contributed by atoms with Crippen molar-refractivity contribution < 1.29 is 9.31 Å². The maximum Gasteiger partial charge on any atom is 0.269 e. The van der Waals surface area contributed by atoms with Gasteiger partial charge in [0.05, 0.1) is 4.92 Å². The van der Waals surface area contributed by atoms with Gasteiger partial charge in [0.2, 0.25) is 0 Å². The second-order valence-electron chi connectivity index (χ2n) is 4.29. The first-order chi connectivity index (χ1) is 9.49. The molecule has 4 nitrogen and oxygen atoms in total. The molecule has 104 valence electrons. The summed E-state index contributed by atoms with van der Waals surface area (Å²) >= 11 is 1.33. The van der Waals surface area contributed by atoms with Crippen LogP contribution in [0.2, 0.25) is 0 Å². The summed E-state index contributed by atoms with van der Waals surface area (Å²) < 4.78 is 13.8. The first kappa shape index (κ1) is 14.5. The van der Waals surface area contributed by atoms with Crippen molar-refractivity contribution in [1.82, 2.24) is 0 Å². The molecule has 0 unspecified atom stereocenters. The van der Waals surface area contributed by atoms with Crippen molar-refractivity contribution in [3.63, 3.8) is 0 Å². The Kier molecular flexibility index (Phi) is 4.36. The first-order valence-corrected chi connectivity index (χ1v) is 6.77. The number of nitrogens with zero attached hydrogens (tertiary/aromatic N) is 1. The molecule has 20 heavy (non-hydrogen) atoms. The monoisotopic (exact) mass is 292 g/mol. The largest absolute Gasteiger partial charge is 0.324 e. The highest BCUT2D eigenvalue weighted by Gasteiger charge is 2.14. The lowest BCUT2D eigenvalue weighted by molar-refractivity contribution is -0.384. The molecular formula is C14H13FN2O2S. The van der Waals surface area contributed by atoms with E-state index in [9.17, 15) is 14.5 Å². The van der Waals surface area contributed by atoms with E-state index in [0.29, 0.717) is 10.5 Å². The van der Waals surface area contributed by atoms with Crippen molar-refractivity contribution in [3.05, 3.63) is 64.0 Å². The molecule has 0 radical (unpaired) electrons. The minimum Gasteiger partial charge on any atom is -0.324 e. The Labute approximate surface area is 119 Å². The zero-order valence-electron chi connectivity index (χ0n) is 10.7. The molecule has 0 spiro atoms. The first-order valence-electron chi connectivity index (χ1n) is 5.95. The molecule has 0 bridgehead atoms. The molecular weight excluding hydrogens is 279 g/mol. The molecule has 0 saturated heterocycles. The summed E-state index contributed by atoms with van der Waals surface area (Å²) in [6.07, 6.45) is 0. The molecule has 0 fully saturated rings. The molecule has 0 aromatic heterocycles. The van der Waals surface area contributed by atoms with Gasteiger partial charge >= 0.3 is 0 Å². The van der Waals surface area contributed by atoms with Crippen LogP contribution in [-0.2, 0) is 0 Å². The highest BCUT2D eigenvalue weighted by Crippen LogP contribution is 2.34. The zero-order chi connectivity index (χ0) is 14.7. The number of non-ortho nitro benzene ring substituents is 1. The highest BCUT2D eigenvalue weighted by atomic mass is 32.2. The molecule has 0 aliphatic heterocycles. The fourth-order valence-corrected chi connectivity index (χ4v) is 2.88. The van der Waals surface area contributed by atoms with Crippen molar-refractivity contribution in [3.8, 4) is 0 Å². The molecule has 2 N–H and O–H groups in total. The Morgan fingerprint density at radius 1 is 1.25 bits per heavy atom. The molecule has 1 atom stereocenters. The van der Waals surface area contributed by atoms with Crippen LogP contribution < -0.4 is 5.73 Å². The molecule has 0 aliphatic carbocycles. The van der Waals surface area contributed by atoms with Gasteiger partial charge in [-0.1, -0.05) is 17.8 Å². The van der Waals surface area contributed by atoms with Crippen LogP contribution in [-0.4, -0.2) is 4.92 Å². The Balaban J connectivity index is 2.30. The summed E-state index contributed by atoms with van der Waals surface area (Å²) in [7, 11) is 0. The summed E-state index contributed by atoms with van der Waals surface area (Å²) in [6.45, 7) is 1.72. The molecule has 6 heteroatoms. The molecule has 2 rings (SSSR count). The maximum atomic E-state index is 13.8. The molecule has 2 aromatic rings. The van der Waals surface area contributed by atoms with Gasteiger partial charge in [-0.25, -0.2) is 4.39 Å². The van der Waals surface area contributed by atoms with Crippen LogP contribution in [0.4, 0.5) is 10.1 Å². The van der Waals surface area contributed by atoms with E-state index in [-0.39, 0.29) is 11.5 Å². The minimum atomic E-state index is -0.454. The minimum absolute atomic E-state index is 0.0287. The smallest absolute Gasteiger partial charge is 0.269 e. The SMILES string of the molecule is C[C@H](N)c1c(F)cccc1Sc1ccc([N+](=O)[O-])cc1. The number of hydrogen-bond acceptors (Lipinski definition) is 4. The number of benzene rings is 2. The van der Waals surface area contributed by atoms with E-state index in [0.717, 1.165) is 4.90 Å². The van der Waals surface area contributed by atoms with E-state index in [1.54, 1.807) is 31.2 Å². The Morgan fingerprint density at radius 2 is 1.90 bits per heavy atom. The number of hydrogen-bond donors (Lipinski definition) is 1. The van der Waals surface area contributed by atoms with Crippen LogP contribution in [0, 0.1) is 15.9 Å². The van der Waals surface area contributed by atoms with E-state index in [1.807, 2.05) is 0 Å². The summed E-state index contributed by atoms with van der Waals surface area (Å²) in [5, 5.41) is 10.6. The third kappa shape index (κ3) is 3.15. The van der Waals surface area contributed by atoms with Crippen LogP contribution in [0.15, 0.2) is 52.3 Å². The lowest BCUT2D eigenvalue weighted by atomic mass is 10.1. The highest BCUT2D eigenvalue weighted by molar-refractivity contribution is 7.99. The summed E-state index contributed by atoms with van der Waals surface area (Å²) in [4.78, 5) is 11.6. The Hall–Kier alpha value is -1.92. The standard InChI is InChI=1S/C14H13FN2O2S/c1-9(16)14-12(15)3-2-4-13(14)20-11-7-5-10(6-8-11)17(18)19/h2-9H,16H2,1H3/t9-/m0/s1. The number of rotatable bonds is 4. The van der Waals surface area contributed by atoms with Crippen LogP contribution >= 0.6 is 11.8 Å². The van der Waals surface area contributed by atoms with Crippen molar-refractivity contribution in [2.75, 3.05) is 0 Å². The maximum absolute atomic E-state index is 13.8. The van der Waals surface area contributed by atoms with E-state index in [4.69, 9.17) is 5.73 Å². The normalized spacial score (nSPS) is 12.2. The summed E-state index contributed by atoms with van der Waals surface area (Å²) in [5.41, 5.74) is 6.27. The topological polar surface area (TPSA) is 69.2 Å². The third-order valence-electron chi connectivity index (χ3n) is 2.74. The van der Waals surface area contributed by atoms with E-state index in [1.165, 1.54) is 30.0 Å². The Bertz CT molecular complexity index is 630. The number of nitro benzene ring substituents is 1. The Morgan fingerprint density at radius 3 is 2.45 bits per heavy atom. The van der Waals surface area contributed by atoms with Gasteiger partial charge in [0.1, 0.15) is 5.82 Å². The van der Waals surface area contributed by atoms with Gasteiger partial charge < -0.3 is 5.73 Å². The molecule has 0 amide bonds. The molecule has 2 aromatic carbocycles.